The van der Waals surface area contributed by atoms with Crippen molar-refractivity contribution < 1.29 is 24.1 Å². The van der Waals surface area contributed by atoms with Gasteiger partial charge in [0.15, 0.2) is 11.6 Å². The molecule has 134 valence electrons. The Morgan fingerprint density at radius 1 is 1.28 bits per heavy atom. The van der Waals surface area contributed by atoms with Crippen LogP contribution in [0.25, 0.3) is 0 Å². The number of aliphatic hydroxyl groups is 1. The molecule has 0 heterocycles. The van der Waals surface area contributed by atoms with Gasteiger partial charge in [-0.05, 0) is 61.1 Å². The number of phenols is 1. The minimum Gasteiger partial charge on any atom is -0.505 e. The topological polar surface area (TPSA) is 78.8 Å². The Labute approximate surface area is 149 Å². The summed E-state index contributed by atoms with van der Waals surface area (Å²) in [6, 6.07) is 11.1. The fourth-order valence-electron chi connectivity index (χ4n) is 2.24. The van der Waals surface area contributed by atoms with Crippen LogP contribution in [-0.2, 0) is 4.74 Å². The molecule has 5 nitrogen and oxygen atoms in total. The highest BCUT2D eigenvalue weighted by molar-refractivity contribution is 7.98. The number of halogens is 1. The highest BCUT2D eigenvalue weighted by Crippen LogP contribution is 2.27. The third-order valence-corrected chi connectivity index (χ3v) is 4.30. The summed E-state index contributed by atoms with van der Waals surface area (Å²) < 4.78 is 18.9. The van der Waals surface area contributed by atoms with Gasteiger partial charge in [-0.15, -0.1) is 11.8 Å². The van der Waals surface area contributed by atoms with E-state index in [0.717, 1.165) is 11.0 Å². The number of hydrogen-bond donors (Lipinski definition) is 3. The predicted octanol–water partition coefficient (Wildman–Crippen LogP) is 4.32. The molecule has 7 heteroatoms. The van der Waals surface area contributed by atoms with Crippen molar-refractivity contribution >= 4 is 23.5 Å². The van der Waals surface area contributed by atoms with Crippen LogP contribution in [0.15, 0.2) is 47.4 Å². The van der Waals surface area contributed by atoms with Gasteiger partial charge >= 0.3 is 6.09 Å². The molecule has 1 amide bonds. The standard InChI is InChI=1S/C18H20FNO4S/c1-25-14-7-5-13(6-8-14)20-18(23)24-17(3-2-10-21)12-4-9-16(22)15(19)11-12/h4-9,11,17,21-22H,2-3,10H2,1H3,(H,20,23)/t17-/m0/s1. The molecule has 2 aromatic carbocycles. The number of anilines is 1. The fraction of sp³-hybridized carbons (Fsp3) is 0.278. The minimum absolute atomic E-state index is 0.0712. The lowest BCUT2D eigenvalue weighted by atomic mass is 10.0. The van der Waals surface area contributed by atoms with Crippen LogP contribution < -0.4 is 5.32 Å². The molecule has 2 aromatic rings. The summed E-state index contributed by atoms with van der Waals surface area (Å²) in [5.74, 6) is -1.26. The van der Waals surface area contributed by atoms with Gasteiger partial charge in [-0.3, -0.25) is 5.32 Å². The summed E-state index contributed by atoms with van der Waals surface area (Å²) >= 11 is 1.59. The first-order valence-corrected chi connectivity index (χ1v) is 8.97. The van der Waals surface area contributed by atoms with Crippen LogP contribution in [0.2, 0.25) is 0 Å². The van der Waals surface area contributed by atoms with Gasteiger partial charge in [0.25, 0.3) is 0 Å². The number of thioether (sulfide) groups is 1. The summed E-state index contributed by atoms with van der Waals surface area (Å²) in [5.41, 5.74) is 0.997. The monoisotopic (exact) mass is 365 g/mol. The Morgan fingerprint density at radius 2 is 2.00 bits per heavy atom. The molecule has 0 spiro atoms. The van der Waals surface area contributed by atoms with Crippen LogP contribution in [-0.4, -0.2) is 29.2 Å². The lowest BCUT2D eigenvalue weighted by Crippen LogP contribution is -2.18. The van der Waals surface area contributed by atoms with Crippen LogP contribution in [0, 0.1) is 5.82 Å². The van der Waals surface area contributed by atoms with E-state index in [4.69, 9.17) is 9.84 Å². The summed E-state index contributed by atoms with van der Waals surface area (Å²) in [6.07, 6.45) is 1.28. The Bertz CT molecular complexity index is 709. The van der Waals surface area contributed by atoms with Gasteiger partial charge < -0.3 is 14.9 Å². The number of carbonyl (C=O) groups is 1. The number of ether oxygens (including phenoxy) is 1. The molecule has 0 bridgehead atoms. The molecule has 1 atom stereocenters. The van der Waals surface area contributed by atoms with Crippen LogP contribution >= 0.6 is 11.8 Å². The molecule has 0 radical (unpaired) electrons. The number of rotatable bonds is 7. The van der Waals surface area contributed by atoms with Gasteiger partial charge in [-0.25, -0.2) is 9.18 Å². The maximum Gasteiger partial charge on any atom is 0.412 e. The number of phenolic OH excluding ortho intramolecular Hbond substituents is 1. The molecular formula is C18H20FNO4S. The normalized spacial score (nSPS) is 11.8. The average molecular weight is 365 g/mol. The smallest absolute Gasteiger partial charge is 0.412 e. The molecule has 0 fully saturated rings. The molecule has 0 aliphatic rings. The molecule has 0 aromatic heterocycles. The minimum atomic E-state index is -0.789. The van der Waals surface area contributed by atoms with E-state index in [1.807, 2.05) is 18.4 Å². The SMILES string of the molecule is CSc1ccc(NC(=O)O[C@@H](CCCO)c2ccc(O)c(F)c2)cc1. The predicted molar refractivity (Wildman–Crippen MR) is 95.5 cm³/mol. The molecule has 0 unspecified atom stereocenters. The van der Waals surface area contributed by atoms with Gasteiger partial charge in [-0.2, -0.15) is 0 Å². The Morgan fingerprint density at radius 3 is 2.60 bits per heavy atom. The second-order valence-electron chi connectivity index (χ2n) is 5.32. The highest BCUT2D eigenvalue weighted by atomic mass is 32.2. The number of carbonyl (C=O) groups excluding carboxylic acids is 1. The zero-order valence-corrected chi connectivity index (χ0v) is 14.6. The van der Waals surface area contributed by atoms with E-state index in [0.29, 0.717) is 24.1 Å². The summed E-state index contributed by atoms with van der Waals surface area (Å²) in [5, 5.41) is 20.9. The van der Waals surface area contributed by atoms with Crippen LogP contribution in [0.3, 0.4) is 0 Å². The average Bonchev–Trinajstić information content (AvgIpc) is 2.61. The zero-order valence-electron chi connectivity index (χ0n) is 13.7. The molecule has 2 rings (SSSR count). The van der Waals surface area contributed by atoms with Crippen molar-refractivity contribution in [3.8, 4) is 5.75 Å². The highest BCUT2D eigenvalue weighted by Gasteiger charge is 2.18. The van der Waals surface area contributed by atoms with Crippen LogP contribution in [0.1, 0.15) is 24.5 Å². The molecule has 25 heavy (non-hydrogen) atoms. The first-order chi connectivity index (χ1) is 12.0. The van der Waals surface area contributed by atoms with Gasteiger partial charge in [0.2, 0.25) is 0 Å². The lowest BCUT2D eigenvalue weighted by molar-refractivity contribution is 0.0992. The van der Waals surface area contributed by atoms with Gasteiger partial charge in [0, 0.05) is 17.2 Å². The Kier molecular flexibility index (Phi) is 7.09. The first kappa shape index (κ1) is 19.1. The molecule has 0 aliphatic heterocycles. The number of benzene rings is 2. The van der Waals surface area contributed by atoms with E-state index in [-0.39, 0.29) is 6.61 Å². The Balaban J connectivity index is 2.06. The molecular weight excluding hydrogens is 345 g/mol. The number of nitrogens with one attached hydrogen (secondary N) is 1. The third-order valence-electron chi connectivity index (χ3n) is 3.55. The van der Waals surface area contributed by atoms with E-state index in [1.54, 1.807) is 23.9 Å². The molecule has 0 saturated carbocycles. The van der Waals surface area contributed by atoms with Crippen molar-refractivity contribution in [3.63, 3.8) is 0 Å². The molecule has 0 aliphatic carbocycles. The summed E-state index contributed by atoms with van der Waals surface area (Å²) in [7, 11) is 0. The summed E-state index contributed by atoms with van der Waals surface area (Å²) in [4.78, 5) is 13.2. The van der Waals surface area contributed by atoms with Crippen molar-refractivity contribution in [1.82, 2.24) is 0 Å². The van der Waals surface area contributed by atoms with E-state index in [1.165, 1.54) is 12.1 Å². The van der Waals surface area contributed by atoms with Gasteiger partial charge in [0.1, 0.15) is 6.10 Å². The number of hydrogen-bond acceptors (Lipinski definition) is 5. The van der Waals surface area contributed by atoms with E-state index in [9.17, 15) is 14.3 Å². The molecule has 0 saturated heterocycles. The number of aromatic hydroxyl groups is 1. The third kappa shape index (κ3) is 5.65. The quantitative estimate of drug-likeness (QED) is 0.637. The van der Waals surface area contributed by atoms with E-state index >= 15 is 0 Å². The second-order valence-corrected chi connectivity index (χ2v) is 6.20. The zero-order chi connectivity index (χ0) is 18.2. The lowest BCUT2D eigenvalue weighted by Gasteiger charge is -2.19. The van der Waals surface area contributed by atoms with Crippen molar-refractivity contribution in [1.29, 1.82) is 0 Å². The Hall–Kier alpha value is -2.25. The summed E-state index contributed by atoms with van der Waals surface area (Å²) in [6.45, 7) is -0.0712. The van der Waals surface area contributed by atoms with Gasteiger partial charge in [0.05, 0.1) is 0 Å². The van der Waals surface area contributed by atoms with E-state index < -0.39 is 23.8 Å². The van der Waals surface area contributed by atoms with E-state index in [2.05, 4.69) is 5.32 Å². The van der Waals surface area contributed by atoms with Crippen LogP contribution in [0.5, 0.6) is 5.75 Å². The number of amides is 1. The fourth-order valence-corrected chi connectivity index (χ4v) is 2.65. The first-order valence-electron chi connectivity index (χ1n) is 7.74. The second kappa shape index (κ2) is 9.29. The van der Waals surface area contributed by atoms with Crippen LogP contribution in [0.4, 0.5) is 14.9 Å². The number of aliphatic hydroxyl groups excluding tert-OH is 1. The van der Waals surface area contributed by atoms with Crippen molar-refractivity contribution in [2.75, 3.05) is 18.2 Å². The largest absolute Gasteiger partial charge is 0.505 e. The van der Waals surface area contributed by atoms with Gasteiger partial charge in [-0.1, -0.05) is 6.07 Å². The van der Waals surface area contributed by atoms with Crippen molar-refractivity contribution in [2.45, 2.75) is 23.8 Å². The van der Waals surface area contributed by atoms with Crippen molar-refractivity contribution in [3.05, 3.63) is 53.8 Å². The maximum absolute atomic E-state index is 13.6. The maximum atomic E-state index is 13.6. The van der Waals surface area contributed by atoms with Crippen molar-refractivity contribution in [2.24, 2.45) is 0 Å². The molecule has 3 N–H and O–H groups in total.